The number of hydrogen-bond acceptors (Lipinski definition) is 1. The van der Waals surface area contributed by atoms with Gasteiger partial charge in [0.2, 0.25) is 0 Å². The van der Waals surface area contributed by atoms with Gasteiger partial charge in [0.15, 0.2) is 0 Å². The molecule has 0 saturated carbocycles. The van der Waals surface area contributed by atoms with Crippen molar-refractivity contribution in [2.24, 2.45) is 0 Å². The van der Waals surface area contributed by atoms with Crippen LogP contribution in [0.2, 0.25) is 0 Å². The van der Waals surface area contributed by atoms with Crippen molar-refractivity contribution in [1.29, 1.82) is 0 Å². The van der Waals surface area contributed by atoms with Crippen LogP contribution in [0.4, 0.5) is 8.78 Å². The number of pyridine rings is 1. The molecule has 0 unspecified atom stereocenters. The zero-order valence-electron chi connectivity index (χ0n) is 7.34. The predicted molar refractivity (Wildman–Crippen MR) is 57.6 cm³/mol. The van der Waals surface area contributed by atoms with Crippen molar-refractivity contribution in [2.45, 2.75) is 13.3 Å². The van der Waals surface area contributed by atoms with Crippen LogP contribution in [0.25, 0.3) is 5.65 Å². The van der Waals surface area contributed by atoms with Crippen LogP contribution < -0.4 is 0 Å². The lowest BCUT2D eigenvalue weighted by atomic mass is 10.3. The summed E-state index contributed by atoms with van der Waals surface area (Å²) in [6, 6.07) is 2.83. The lowest BCUT2D eigenvalue weighted by Crippen LogP contribution is -1.90. The second-order valence-electron chi connectivity index (χ2n) is 2.98. The Labute approximate surface area is 93.1 Å². The fourth-order valence-electron chi connectivity index (χ4n) is 1.28. The average molecular weight is 308 g/mol. The molecular weight excluding hydrogens is 301 g/mol. The predicted octanol–water partition coefficient (Wildman–Crippen LogP) is 3.18. The number of aryl methyl sites for hydroxylation is 1. The van der Waals surface area contributed by atoms with Gasteiger partial charge in [-0.2, -0.15) is 0 Å². The fraction of sp³-hybridized carbons (Fsp3) is 0.222. The smallest absolute Gasteiger partial charge is 0.264 e. The highest BCUT2D eigenvalue weighted by Crippen LogP contribution is 2.21. The molecule has 0 aliphatic heterocycles. The monoisotopic (exact) mass is 308 g/mol. The molecule has 74 valence electrons. The molecule has 2 aromatic rings. The Morgan fingerprint density at radius 1 is 1.50 bits per heavy atom. The molecule has 0 atom stereocenters. The number of aromatic nitrogens is 2. The standard InChI is InChI=1S/C9H7F2IN2/c1-5-9(12)14-3-2-6(8(10)11)4-7(14)13-5/h2-4,8H,1H3. The van der Waals surface area contributed by atoms with Gasteiger partial charge < -0.3 is 0 Å². The van der Waals surface area contributed by atoms with Crippen molar-refractivity contribution >= 4 is 28.2 Å². The number of alkyl halides is 2. The summed E-state index contributed by atoms with van der Waals surface area (Å²) in [5.74, 6) is 0. The summed E-state index contributed by atoms with van der Waals surface area (Å²) < 4.78 is 27.5. The summed E-state index contributed by atoms with van der Waals surface area (Å²) in [5, 5.41) is 0. The Bertz CT molecular complexity index is 479. The van der Waals surface area contributed by atoms with Crippen molar-refractivity contribution in [2.75, 3.05) is 0 Å². The van der Waals surface area contributed by atoms with Gasteiger partial charge in [0.1, 0.15) is 9.35 Å². The van der Waals surface area contributed by atoms with E-state index < -0.39 is 6.43 Å². The van der Waals surface area contributed by atoms with Gasteiger partial charge in [-0.25, -0.2) is 13.8 Å². The summed E-state index contributed by atoms with van der Waals surface area (Å²) in [6.07, 6.45) is -0.812. The van der Waals surface area contributed by atoms with E-state index in [9.17, 15) is 8.78 Å². The third-order valence-corrected chi connectivity index (χ3v) is 3.30. The highest BCUT2D eigenvalue weighted by Gasteiger charge is 2.10. The van der Waals surface area contributed by atoms with Gasteiger partial charge in [-0.15, -0.1) is 0 Å². The first-order chi connectivity index (χ1) is 6.59. The normalized spacial score (nSPS) is 11.5. The number of hydrogen-bond donors (Lipinski definition) is 0. The molecule has 0 aromatic carbocycles. The van der Waals surface area contributed by atoms with Gasteiger partial charge in [0.05, 0.1) is 5.69 Å². The Morgan fingerprint density at radius 2 is 2.21 bits per heavy atom. The molecule has 2 heterocycles. The zero-order valence-corrected chi connectivity index (χ0v) is 9.50. The zero-order chi connectivity index (χ0) is 10.3. The van der Waals surface area contributed by atoms with E-state index in [2.05, 4.69) is 27.6 Å². The molecule has 0 aliphatic rings. The van der Waals surface area contributed by atoms with E-state index in [-0.39, 0.29) is 5.56 Å². The maximum absolute atomic E-state index is 12.4. The summed E-state index contributed by atoms with van der Waals surface area (Å²) in [5.41, 5.74) is 1.45. The Morgan fingerprint density at radius 3 is 2.86 bits per heavy atom. The third-order valence-electron chi connectivity index (χ3n) is 2.00. The second kappa shape index (κ2) is 3.45. The molecule has 0 bridgehead atoms. The minimum absolute atomic E-state index is 0.0129. The number of fused-ring (bicyclic) bond motifs is 1. The molecule has 14 heavy (non-hydrogen) atoms. The van der Waals surface area contributed by atoms with Gasteiger partial charge in [0, 0.05) is 11.8 Å². The minimum Gasteiger partial charge on any atom is -0.295 e. The van der Waals surface area contributed by atoms with E-state index in [4.69, 9.17) is 0 Å². The minimum atomic E-state index is -2.44. The summed E-state index contributed by atoms with van der Waals surface area (Å²) in [7, 11) is 0. The van der Waals surface area contributed by atoms with Crippen molar-refractivity contribution in [1.82, 2.24) is 9.38 Å². The number of rotatable bonds is 1. The molecule has 0 N–H and O–H groups in total. The molecule has 0 saturated heterocycles. The van der Waals surface area contributed by atoms with E-state index in [1.54, 1.807) is 10.6 Å². The largest absolute Gasteiger partial charge is 0.295 e. The topological polar surface area (TPSA) is 17.3 Å². The van der Waals surface area contributed by atoms with Crippen LogP contribution in [0.15, 0.2) is 18.3 Å². The lowest BCUT2D eigenvalue weighted by Gasteiger charge is -2.00. The molecule has 0 amide bonds. The number of nitrogens with zero attached hydrogens (tertiary/aromatic N) is 2. The molecular formula is C9H7F2IN2. The van der Waals surface area contributed by atoms with Gasteiger partial charge in [-0.05, 0) is 41.6 Å². The van der Waals surface area contributed by atoms with Crippen LogP contribution in [0, 0.1) is 10.6 Å². The van der Waals surface area contributed by atoms with E-state index in [1.807, 2.05) is 6.92 Å². The molecule has 0 aliphatic carbocycles. The van der Waals surface area contributed by atoms with Crippen LogP contribution in [-0.4, -0.2) is 9.38 Å². The summed E-state index contributed by atoms with van der Waals surface area (Å²) in [4.78, 5) is 4.18. The van der Waals surface area contributed by atoms with E-state index >= 15 is 0 Å². The molecule has 2 aromatic heterocycles. The van der Waals surface area contributed by atoms with Crippen LogP contribution in [-0.2, 0) is 0 Å². The third kappa shape index (κ3) is 1.49. The Balaban J connectivity index is 2.67. The van der Waals surface area contributed by atoms with Crippen molar-refractivity contribution < 1.29 is 8.78 Å². The van der Waals surface area contributed by atoms with Gasteiger partial charge >= 0.3 is 0 Å². The van der Waals surface area contributed by atoms with Crippen LogP contribution in [0.3, 0.4) is 0 Å². The number of halogens is 3. The Kier molecular flexibility index (Phi) is 2.42. The quantitative estimate of drug-likeness (QED) is 0.740. The fourth-order valence-corrected chi connectivity index (χ4v) is 1.81. The van der Waals surface area contributed by atoms with Gasteiger partial charge in [0.25, 0.3) is 6.43 Å². The highest BCUT2D eigenvalue weighted by molar-refractivity contribution is 14.1. The first kappa shape index (κ1) is 9.82. The summed E-state index contributed by atoms with van der Waals surface area (Å²) >= 11 is 2.14. The second-order valence-corrected chi connectivity index (χ2v) is 4.00. The SMILES string of the molecule is Cc1nc2cc(C(F)F)ccn2c1I. The molecule has 2 rings (SSSR count). The van der Waals surface area contributed by atoms with E-state index in [1.165, 1.54) is 12.1 Å². The van der Waals surface area contributed by atoms with Gasteiger partial charge in [-0.1, -0.05) is 0 Å². The molecule has 5 heteroatoms. The maximum Gasteiger partial charge on any atom is 0.264 e. The Hall–Kier alpha value is -0.720. The maximum atomic E-state index is 12.4. The van der Waals surface area contributed by atoms with Crippen molar-refractivity contribution in [3.63, 3.8) is 0 Å². The highest BCUT2D eigenvalue weighted by atomic mass is 127. The number of imidazole rings is 1. The van der Waals surface area contributed by atoms with Crippen LogP contribution >= 0.6 is 22.6 Å². The van der Waals surface area contributed by atoms with Crippen LogP contribution in [0.1, 0.15) is 17.7 Å². The molecule has 2 nitrogen and oxygen atoms in total. The van der Waals surface area contributed by atoms with E-state index in [0.29, 0.717) is 5.65 Å². The first-order valence-corrected chi connectivity index (χ1v) is 5.09. The van der Waals surface area contributed by atoms with Gasteiger partial charge in [-0.3, -0.25) is 4.40 Å². The molecule has 0 spiro atoms. The van der Waals surface area contributed by atoms with Crippen molar-refractivity contribution in [3.05, 3.63) is 33.3 Å². The molecule has 0 fully saturated rings. The molecule has 0 radical (unpaired) electrons. The van der Waals surface area contributed by atoms with Crippen LogP contribution in [0.5, 0.6) is 0 Å². The van der Waals surface area contributed by atoms with Crippen molar-refractivity contribution in [3.8, 4) is 0 Å². The average Bonchev–Trinajstić information content (AvgIpc) is 2.42. The lowest BCUT2D eigenvalue weighted by molar-refractivity contribution is 0.151. The first-order valence-electron chi connectivity index (χ1n) is 4.02. The summed E-state index contributed by atoms with van der Waals surface area (Å²) in [6.45, 7) is 1.86. The van der Waals surface area contributed by atoms with E-state index in [0.717, 1.165) is 9.39 Å².